The maximum Gasteiger partial charge on any atom is 0.0723 e. The molecule has 1 heteroatoms. The van der Waals surface area contributed by atoms with Gasteiger partial charge in [0.1, 0.15) is 0 Å². The van der Waals surface area contributed by atoms with Crippen molar-refractivity contribution in [2.24, 2.45) is 0 Å². The van der Waals surface area contributed by atoms with Crippen molar-refractivity contribution in [1.29, 1.82) is 0 Å². The predicted octanol–water partition coefficient (Wildman–Crippen LogP) is 2.95. The fourth-order valence-electron chi connectivity index (χ4n) is 2.68. The maximum atomic E-state index is 5.82. The first-order chi connectivity index (χ1) is 6.72. The Balaban J connectivity index is 2.16. The standard InChI is InChI=1S/C13H16O/c1-9-3-4-11-8-14-10(2)13(5-6-13)12(11)7-9/h3-4,7,10H,5-6,8H2,1-2H3. The van der Waals surface area contributed by atoms with Crippen LogP contribution in [0.3, 0.4) is 0 Å². The van der Waals surface area contributed by atoms with Crippen LogP contribution in [-0.2, 0) is 16.8 Å². The van der Waals surface area contributed by atoms with E-state index in [0.717, 1.165) is 6.61 Å². The molecule has 1 atom stereocenters. The third kappa shape index (κ3) is 0.992. The summed E-state index contributed by atoms with van der Waals surface area (Å²) in [5.41, 5.74) is 4.74. The van der Waals surface area contributed by atoms with Crippen LogP contribution < -0.4 is 0 Å². The molecule has 0 amide bonds. The maximum absolute atomic E-state index is 5.82. The average molecular weight is 188 g/mol. The Bertz CT molecular complexity index is 377. The van der Waals surface area contributed by atoms with Gasteiger partial charge in [-0.05, 0) is 37.8 Å². The molecule has 0 N–H and O–H groups in total. The molecule has 0 aromatic heterocycles. The lowest BCUT2D eigenvalue weighted by Crippen LogP contribution is -2.31. The number of hydrogen-bond donors (Lipinski definition) is 0. The first-order valence-electron chi connectivity index (χ1n) is 5.44. The Labute approximate surface area is 85.1 Å². The molecule has 1 aromatic carbocycles. The molecule has 1 fully saturated rings. The molecular weight excluding hydrogens is 172 g/mol. The quantitative estimate of drug-likeness (QED) is 0.608. The van der Waals surface area contributed by atoms with E-state index < -0.39 is 0 Å². The van der Waals surface area contributed by atoms with Crippen LogP contribution >= 0.6 is 0 Å². The molecule has 2 aliphatic rings. The molecule has 1 spiro atoms. The minimum absolute atomic E-state index is 0.388. The van der Waals surface area contributed by atoms with Gasteiger partial charge in [-0.25, -0.2) is 0 Å². The van der Waals surface area contributed by atoms with Gasteiger partial charge in [-0.1, -0.05) is 23.8 Å². The molecule has 1 unspecified atom stereocenters. The van der Waals surface area contributed by atoms with Crippen LogP contribution in [0, 0.1) is 6.92 Å². The van der Waals surface area contributed by atoms with Crippen molar-refractivity contribution in [3.8, 4) is 0 Å². The molecule has 1 saturated carbocycles. The fraction of sp³-hybridized carbons (Fsp3) is 0.538. The van der Waals surface area contributed by atoms with Crippen molar-refractivity contribution >= 4 is 0 Å². The van der Waals surface area contributed by atoms with Gasteiger partial charge < -0.3 is 4.74 Å². The van der Waals surface area contributed by atoms with Crippen LogP contribution in [0.4, 0.5) is 0 Å². The van der Waals surface area contributed by atoms with Gasteiger partial charge >= 0.3 is 0 Å². The van der Waals surface area contributed by atoms with Gasteiger partial charge in [-0.2, -0.15) is 0 Å². The van der Waals surface area contributed by atoms with Crippen molar-refractivity contribution in [3.63, 3.8) is 0 Å². The van der Waals surface area contributed by atoms with Gasteiger partial charge in [0.25, 0.3) is 0 Å². The molecule has 1 nitrogen and oxygen atoms in total. The summed E-state index contributed by atoms with van der Waals surface area (Å²) in [5, 5.41) is 0. The normalized spacial score (nSPS) is 27.4. The highest BCUT2D eigenvalue weighted by Gasteiger charge is 2.52. The van der Waals surface area contributed by atoms with E-state index in [0.29, 0.717) is 11.5 Å². The van der Waals surface area contributed by atoms with E-state index in [-0.39, 0.29) is 0 Å². The molecule has 0 saturated heterocycles. The van der Waals surface area contributed by atoms with Crippen molar-refractivity contribution in [1.82, 2.24) is 0 Å². The van der Waals surface area contributed by atoms with Crippen molar-refractivity contribution < 1.29 is 4.74 Å². The van der Waals surface area contributed by atoms with E-state index in [4.69, 9.17) is 4.74 Å². The first kappa shape index (κ1) is 8.49. The summed E-state index contributed by atoms with van der Waals surface area (Å²) in [6, 6.07) is 6.78. The molecule has 1 aromatic rings. The Kier molecular flexibility index (Phi) is 1.58. The Hall–Kier alpha value is -0.820. The highest BCUT2D eigenvalue weighted by atomic mass is 16.5. The third-order valence-electron chi connectivity index (χ3n) is 3.86. The average Bonchev–Trinajstić information content (AvgIpc) is 2.94. The Morgan fingerprint density at radius 1 is 1.36 bits per heavy atom. The molecule has 74 valence electrons. The van der Waals surface area contributed by atoms with Gasteiger partial charge in [-0.3, -0.25) is 0 Å². The van der Waals surface area contributed by atoms with Crippen LogP contribution in [0.25, 0.3) is 0 Å². The van der Waals surface area contributed by atoms with Gasteiger partial charge in [-0.15, -0.1) is 0 Å². The zero-order valence-corrected chi connectivity index (χ0v) is 8.84. The summed E-state index contributed by atoms with van der Waals surface area (Å²) in [4.78, 5) is 0. The summed E-state index contributed by atoms with van der Waals surface area (Å²) in [5.74, 6) is 0. The Morgan fingerprint density at radius 2 is 2.14 bits per heavy atom. The zero-order chi connectivity index (χ0) is 9.76. The van der Waals surface area contributed by atoms with Gasteiger partial charge in [0.05, 0.1) is 12.7 Å². The molecule has 1 aliphatic carbocycles. The summed E-state index contributed by atoms with van der Waals surface area (Å²) < 4.78 is 5.82. The number of benzene rings is 1. The second-order valence-corrected chi connectivity index (χ2v) is 4.77. The summed E-state index contributed by atoms with van der Waals surface area (Å²) in [7, 11) is 0. The van der Waals surface area contributed by atoms with Crippen LogP contribution in [0.15, 0.2) is 18.2 Å². The van der Waals surface area contributed by atoms with Gasteiger partial charge in [0.15, 0.2) is 0 Å². The number of hydrogen-bond acceptors (Lipinski definition) is 1. The fourth-order valence-corrected chi connectivity index (χ4v) is 2.68. The van der Waals surface area contributed by atoms with E-state index in [1.54, 1.807) is 5.56 Å². The van der Waals surface area contributed by atoms with Gasteiger partial charge in [0, 0.05) is 5.41 Å². The molecule has 1 aliphatic heterocycles. The molecule has 1 heterocycles. The molecule has 3 rings (SSSR count). The number of rotatable bonds is 0. The number of fused-ring (bicyclic) bond motifs is 2. The second-order valence-electron chi connectivity index (χ2n) is 4.77. The van der Waals surface area contributed by atoms with E-state index in [1.165, 1.54) is 24.0 Å². The van der Waals surface area contributed by atoms with Crippen molar-refractivity contribution in [2.45, 2.75) is 44.8 Å². The van der Waals surface area contributed by atoms with Crippen LogP contribution in [-0.4, -0.2) is 6.10 Å². The largest absolute Gasteiger partial charge is 0.373 e. The van der Waals surface area contributed by atoms with E-state index in [9.17, 15) is 0 Å². The van der Waals surface area contributed by atoms with Crippen molar-refractivity contribution in [2.75, 3.05) is 0 Å². The minimum Gasteiger partial charge on any atom is -0.373 e. The predicted molar refractivity (Wildman–Crippen MR) is 56.3 cm³/mol. The summed E-state index contributed by atoms with van der Waals surface area (Å²) in [6.45, 7) is 5.20. The third-order valence-corrected chi connectivity index (χ3v) is 3.86. The topological polar surface area (TPSA) is 9.23 Å². The highest BCUT2D eigenvalue weighted by Crippen LogP contribution is 2.55. The van der Waals surface area contributed by atoms with E-state index in [1.807, 2.05) is 0 Å². The first-order valence-corrected chi connectivity index (χ1v) is 5.44. The molecule has 0 radical (unpaired) electrons. The van der Waals surface area contributed by atoms with Crippen LogP contribution in [0.1, 0.15) is 36.5 Å². The van der Waals surface area contributed by atoms with E-state index in [2.05, 4.69) is 32.0 Å². The number of ether oxygens (including phenoxy) is 1. The monoisotopic (exact) mass is 188 g/mol. The van der Waals surface area contributed by atoms with E-state index >= 15 is 0 Å². The molecule has 0 bridgehead atoms. The lowest BCUT2D eigenvalue weighted by atomic mass is 9.84. The summed E-state index contributed by atoms with van der Waals surface area (Å²) >= 11 is 0. The Morgan fingerprint density at radius 3 is 2.86 bits per heavy atom. The zero-order valence-electron chi connectivity index (χ0n) is 8.84. The van der Waals surface area contributed by atoms with Crippen molar-refractivity contribution in [3.05, 3.63) is 34.9 Å². The van der Waals surface area contributed by atoms with Crippen LogP contribution in [0.5, 0.6) is 0 Å². The SMILES string of the molecule is Cc1ccc2c(c1)C1(CC1)C(C)OC2. The smallest absolute Gasteiger partial charge is 0.0723 e. The lowest BCUT2D eigenvalue weighted by molar-refractivity contribution is 0.0118. The lowest BCUT2D eigenvalue weighted by Gasteiger charge is -2.32. The van der Waals surface area contributed by atoms with Gasteiger partial charge in [0.2, 0.25) is 0 Å². The molecule has 14 heavy (non-hydrogen) atoms. The van der Waals surface area contributed by atoms with Crippen LogP contribution in [0.2, 0.25) is 0 Å². The number of aryl methyl sites for hydroxylation is 1. The second kappa shape index (κ2) is 2.60. The summed E-state index contributed by atoms with van der Waals surface area (Å²) in [6.07, 6.45) is 3.03. The molecular formula is C13H16O. The minimum atomic E-state index is 0.388. The highest BCUT2D eigenvalue weighted by molar-refractivity contribution is 5.43.